The van der Waals surface area contributed by atoms with Crippen LogP contribution in [0.25, 0.3) is 0 Å². The molecule has 5 nitrogen and oxygen atoms in total. The summed E-state index contributed by atoms with van der Waals surface area (Å²) in [6.07, 6.45) is 1.80. The number of amides is 1. The van der Waals surface area contributed by atoms with Crippen molar-refractivity contribution in [3.05, 3.63) is 29.3 Å². The van der Waals surface area contributed by atoms with Crippen LogP contribution in [0, 0.1) is 12.8 Å². The molecule has 1 amide bonds. The summed E-state index contributed by atoms with van der Waals surface area (Å²) < 4.78 is 22.8. The molecule has 0 aromatic heterocycles. The van der Waals surface area contributed by atoms with E-state index in [2.05, 4.69) is 5.32 Å². The largest absolute Gasteiger partial charge is 0.324 e. The molecule has 0 fully saturated rings. The van der Waals surface area contributed by atoms with Gasteiger partial charge in [-0.1, -0.05) is 26.0 Å². The van der Waals surface area contributed by atoms with Crippen molar-refractivity contribution in [3.63, 3.8) is 0 Å². The van der Waals surface area contributed by atoms with Crippen LogP contribution in [-0.2, 0) is 20.4 Å². The zero-order valence-electron chi connectivity index (χ0n) is 13.4. The van der Waals surface area contributed by atoms with E-state index in [1.54, 1.807) is 25.1 Å². The Kier molecular flexibility index (Phi) is 8.07. The Morgan fingerprint density at radius 2 is 1.91 bits per heavy atom. The van der Waals surface area contributed by atoms with E-state index in [1.165, 1.54) is 6.26 Å². The van der Waals surface area contributed by atoms with Crippen LogP contribution in [0.5, 0.6) is 0 Å². The summed E-state index contributed by atoms with van der Waals surface area (Å²) in [5.74, 6) is 0.0485. The maximum Gasteiger partial charge on any atom is 0.241 e. The van der Waals surface area contributed by atoms with Crippen molar-refractivity contribution >= 4 is 33.8 Å². The Balaban J connectivity index is 0.00000441. The zero-order chi connectivity index (χ0) is 16.2. The Labute approximate surface area is 139 Å². The molecule has 0 aliphatic heterocycles. The lowest BCUT2D eigenvalue weighted by molar-refractivity contribution is -0.117. The molecule has 0 radical (unpaired) electrons. The van der Waals surface area contributed by atoms with Gasteiger partial charge in [0.2, 0.25) is 5.91 Å². The van der Waals surface area contributed by atoms with E-state index in [4.69, 9.17) is 5.73 Å². The molecule has 3 N–H and O–H groups in total. The highest BCUT2D eigenvalue weighted by atomic mass is 35.5. The van der Waals surface area contributed by atoms with Gasteiger partial charge in [0.15, 0.2) is 9.84 Å². The summed E-state index contributed by atoms with van der Waals surface area (Å²) >= 11 is 0. The molecule has 0 unspecified atom stereocenters. The molecule has 0 saturated heterocycles. The van der Waals surface area contributed by atoms with E-state index in [0.717, 1.165) is 5.56 Å². The molecule has 0 saturated carbocycles. The first-order valence-electron chi connectivity index (χ1n) is 6.93. The predicted molar refractivity (Wildman–Crippen MR) is 93.0 cm³/mol. The molecule has 1 aromatic rings. The maximum atomic E-state index is 12.0. The van der Waals surface area contributed by atoms with E-state index in [-0.39, 0.29) is 24.1 Å². The van der Waals surface area contributed by atoms with Gasteiger partial charge >= 0.3 is 0 Å². The number of carbonyl (C=O) groups is 1. The molecule has 7 heteroatoms. The van der Waals surface area contributed by atoms with E-state index >= 15 is 0 Å². The number of anilines is 1. The van der Waals surface area contributed by atoms with Gasteiger partial charge in [-0.15, -0.1) is 12.4 Å². The van der Waals surface area contributed by atoms with Crippen molar-refractivity contribution in [2.24, 2.45) is 11.7 Å². The number of nitrogens with one attached hydrogen (secondary N) is 1. The van der Waals surface area contributed by atoms with Crippen molar-refractivity contribution < 1.29 is 13.2 Å². The maximum absolute atomic E-state index is 12.0. The van der Waals surface area contributed by atoms with Crippen LogP contribution in [0.3, 0.4) is 0 Å². The number of nitrogens with two attached hydrogens (primary N) is 1. The fourth-order valence-electron chi connectivity index (χ4n) is 2.10. The Morgan fingerprint density at radius 1 is 1.32 bits per heavy atom. The fraction of sp³-hybridized carbons (Fsp3) is 0.533. The molecule has 0 aliphatic carbocycles. The third-order valence-corrected chi connectivity index (χ3v) is 4.02. The normalized spacial score (nSPS) is 12.6. The molecular weight excluding hydrogens is 324 g/mol. The van der Waals surface area contributed by atoms with Crippen LogP contribution in [0.2, 0.25) is 0 Å². The first-order chi connectivity index (χ1) is 9.60. The van der Waals surface area contributed by atoms with Gasteiger partial charge in [0.25, 0.3) is 0 Å². The van der Waals surface area contributed by atoms with Gasteiger partial charge in [0.1, 0.15) is 0 Å². The number of rotatable bonds is 6. The number of hydrogen-bond acceptors (Lipinski definition) is 4. The second-order valence-electron chi connectivity index (χ2n) is 5.89. The first-order valence-corrected chi connectivity index (χ1v) is 8.99. The minimum absolute atomic E-state index is 0. The number of hydrogen-bond donors (Lipinski definition) is 2. The summed E-state index contributed by atoms with van der Waals surface area (Å²) in [6.45, 7) is 5.81. The van der Waals surface area contributed by atoms with Crippen molar-refractivity contribution in [1.29, 1.82) is 0 Å². The van der Waals surface area contributed by atoms with Crippen LogP contribution in [0.4, 0.5) is 5.69 Å². The molecule has 0 heterocycles. The van der Waals surface area contributed by atoms with Crippen LogP contribution >= 0.6 is 12.4 Å². The summed E-state index contributed by atoms with van der Waals surface area (Å²) in [5.41, 5.74) is 7.90. The van der Waals surface area contributed by atoms with Gasteiger partial charge < -0.3 is 11.1 Å². The van der Waals surface area contributed by atoms with Crippen molar-refractivity contribution in [2.75, 3.05) is 11.6 Å². The van der Waals surface area contributed by atoms with E-state index in [0.29, 0.717) is 23.6 Å². The molecule has 0 spiro atoms. The van der Waals surface area contributed by atoms with Crippen molar-refractivity contribution in [2.45, 2.75) is 39.0 Å². The Bertz CT molecular complexity index is 615. The zero-order valence-corrected chi connectivity index (χ0v) is 15.1. The van der Waals surface area contributed by atoms with Gasteiger partial charge in [-0.25, -0.2) is 8.42 Å². The molecule has 126 valence electrons. The van der Waals surface area contributed by atoms with E-state index in [9.17, 15) is 13.2 Å². The highest BCUT2D eigenvalue weighted by molar-refractivity contribution is 7.89. The van der Waals surface area contributed by atoms with Gasteiger partial charge in [0, 0.05) is 11.9 Å². The molecule has 0 bridgehead atoms. The summed E-state index contributed by atoms with van der Waals surface area (Å²) in [4.78, 5) is 12.0. The van der Waals surface area contributed by atoms with Gasteiger partial charge in [0.05, 0.1) is 11.8 Å². The standard InChI is InChI=1S/C15H24N2O3S.ClH/c1-10(2)8-13(16)15(18)17-14-7-5-6-12(11(14)3)9-21(4,19)20;/h5-7,10,13H,8-9,16H2,1-4H3,(H,17,18);1H/t13-;/m0./s1. The average Bonchev–Trinajstić information content (AvgIpc) is 2.31. The summed E-state index contributed by atoms with van der Waals surface area (Å²) in [6, 6.07) is 4.67. The molecule has 0 aliphatic rings. The number of carbonyl (C=O) groups excluding carboxylic acids is 1. The lowest BCUT2D eigenvalue weighted by Gasteiger charge is -2.16. The van der Waals surface area contributed by atoms with Crippen LogP contribution in [-0.4, -0.2) is 26.6 Å². The van der Waals surface area contributed by atoms with Crippen LogP contribution < -0.4 is 11.1 Å². The SMILES string of the molecule is Cc1c(CS(C)(=O)=O)cccc1NC(=O)[C@@H](N)CC(C)C.Cl. The smallest absolute Gasteiger partial charge is 0.241 e. The minimum atomic E-state index is -3.11. The number of sulfone groups is 1. The fourth-order valence-corrected chi connectivity index (χ4v) is 2.98. The van der Waals surface area contributed by atoms with Gasteiger partial charge in [-0.05, 0) is 36.5 Å². The third kappa shape index (κ3) is 6.77. The molecule has 1 aromatic carbocycles. The first kappa shape index (κ1) is 20.9. The minimum Gasteiger partial charge on any atom is -0.324 e. The third-order valence-electron chi connectivity index (χ3n) is 3.18. The molecular formula is C15H25ClN2O3S. The van der Waals surface area contributed by atoms with Gasteiger partial charge in [-0.2, -0.15) is 0 Å². The summed E-state index contributed by atoms with van der Waals surface area (Å²) in [7, 11) is -3.11. The highest BCUT2D eigenvalue weighted by Crippen LogP contribution is 2.21. The quantitative estimate of drug-likeness (QED) is 0.825. The highest BCUT2D eigenvalue weighted by Gasteiger charge is 2.17. The summed E-state index contributed by atoms with van der Waals surface area (Å²) in [5, 5.41) is 2.78. The second-order valence-corrected chi connectivity index (χ2v) is 8.03. The van der Waals surface area contributed by atoms with E-state index in [1.807, 2.05) is 13.8 Å². The van der Waals surface area contributed by atoms with E-state index < -0.39 is 15.9 Å². The Morgan fingerprint density at radius 3 is 2.41 bits per heavy atom. The lowest BCUT2D eigenvalue weighted by Crippen LogP contribution is -2.36. The Hall–Kier alpha value is -1.11. The van der Waals surface area contributed by atoms with Crippen molar-refractivity contribution in [3.8, 4) is 0 Å². The lowest BCUT2D eigenvalue weighted by atomic mass is 10.0. The molecule has 22 heavy (non-hydrogen) atoms. The van der Waals surface area contributed by atoms with Crippen molar-refractivity contribution in [1.82, 2.24) is 0 Å². The molecule has 1 atom stereocenters. The molecule has 1 rings (SSSR count). The predicted octanol–water partition coefficient (Wildman–Crippen LogP) is 2.27. The average molecular weight is 349 g/mol. The number of halogens is 1. The topological polar surface area (TPSA) is 89.3 Å². The van der Waals surface area contributed by atoms with Crippen LogP contribution in [0.1, 0.15) is 31.4 Å². The van der Waals surface area contributed by atoms with Crippen LogP contribution in [0.15, 0.2) is 18.2 Å². The monoisotopic (exact) mass is 348 g/mol. The second kappa shape index (κ2) is 8.50. The number of benzene rings is 1. The van der Waals surface area contributed by atoms with Gasteiger partial charge in [-0.3, -0.25) is 4.79 Å².